The van der Waals surface area contributed by atoms with E-state index in [1.54, 1.807) is 0 Å². The fourth-order valence-corrected chi connectivity index (χ4v) is 2.66. The first-order valence-electron chi connectivity index (χ1n) is 4.76. The molecule has 2 unspecified atom stereocenters. The molecule has 0 aromatic carbocycles. The molecule has 2 nitrogen and oxygen atoms in total. The lowest BCUT2D eigenvalue weighted by molar-refractivity contribution is 0.119. The average Bonchev–Trinajstić information content (AvgIpc) is 2.63. The Labute approximate surface area is 67.5 Å². The molecule has 3 aliphatic rings. The molecule has 3 saturated heterocycles. The fraction of sp³-hybridized carbons (Fsp3) is 1.00. The Morgan fingerprint density at radius 3 is 3.09 bits per heavy atom. The Hall–Kier alpha value is -0.0800. The number of hydrogen-bond acceptors (Lipinski definition) is 2. The van der Waals surface area contributed by atoms with Crippen molar-refractivity contribution in [3.8, 4) is 0 Å². The van der Waals surface area contributed by atoms with Gasteiger partial charge in [0.05, 0.1) is 12.2 Å². The van der Waals surface area contributed by atoms with Gasteiger partial charge in [-0.25, -0.2) is 0 Å². The number of fused-ring (bicyclic) bond motifs is 1. The summed E-state index contributed by atoms with van der Waals surface area (Å²) in [5, 5.41) is 0. The van der Waals surface area contributed by atoms with Gasteiger partial charge in [0, 0.05) is 12.6 Å². The lowest BCUT2D eigenvalue weighted by Gasteiger charge is -2.33. The zero-order chi connectivity index (χ0) is 7.31. The van der Waals surface area contributed by atoms with E-state index in [9.17, 15) is 0 Å². The highest BCUT2D eigenvalue weighted by Crippen LogP contribution is 2.43. The minimum atomic E-state index is 0.380. The van der Waals surface area contributed by atoms with E-state index in [1.807, 2.05) is 0 Å². The van der Waals surface area contributed by atoms with Crippen LogP contribution in [0.3, 0.4) is 0 Å². The zero-order valence-corrected chi connectivity index (χ0v) is 6.88. The highest BCUT2D eigenvalue weighted by atomic mass is 16.6. The van der Waals surface area contributed by atoms with Crippen molar-refractivity contribution in [2.45, 2.75) is 37.3 Å². The molecule has 3 fully saturated rings. The lowest BCUT2D eigenvalue weighted by Crippen LogP contribution is -2.41. The van der Waals surface area contributed by atoms with Crippen LogP contribution in [0.1, 0.15) is 25.7 Å². The zero-order valence-electron chi connectivity index (χ0n) is 6.88. The number of piperidine rings is 1. The summed E-state index contributed by atoms with van der Waals surface area (Å²) in [4.78, 5) is 2.65. The average molecular weight is 153 g/mol. The van der Waals surface area contributed by atoms with Crippen LogP contribution in [0.2, 0.25) is 0 Å². The highest BCUT2D eigenvalue weighted by Gasteiger charge is 2.50. The van der Waals surface area contributed by atoms with Gasteiger partial charge >= 0.3 is 0 Å². The van der Waals surface area contributed by atoms with E-state index in [0.717, 1.165) is 12.6 Å². The maximum Gasteiger partial charge on any atom is 0.0943 e. The van der Waals surface area contributed by atoms with Crippen LogP contribution in [-0.2, 0) is 4.74 Å². The number of rotatable bonds is 0. The highest BCUT2D eigenvalue weighted by molar-refractivity contribution is 5.02. The third-order valence-corrected chi connectivity index (χ3v) is 3.51. The summed E-state index contributed by atoms with van der Waals surface area (Å²) >= 11 is 0. The summed E-state index contributed by atoms with van der Waals surface area (Å²) in [7, 11) is 0. The van der Waals surface area contributed by atoms with Crippen molar-refractivity contribution >= 4 is 0 Å². The van der Waals surface area contributed by atoms with Crippen LogP contribution in [0, 0.1) is 0 Å². The summed E-state index contributed by atoms with van der Waals surface area (Å²) in [5.74, 6) is 0. The van der Waals surface area contributed by atoms with Gasteiger partial charge in [0.2, 0.25) is 0 Å². The summed E-state index contributed by atoms with van der Waals surface area (Å²) in [6, 6.07) is 0.881. The Balaban J connectivity index is 1.75. The van der Waals surface area contributed by atoms with E-state index in [2.05, 4.69) is 4.90 Å². The van der Waals surface area contributed by atoms with Crippen LogP contribution in [0.15, 0.2) is 0 Å². The van der Waals surface area contributed by atoms with Crippen LogP contribution < -0.4 is 0 Å². The fourth-order valence-electron chi connectivity index (χ4n) is 2.66. The number of nitrogens with zero attached hydrogens (tertiary/aromatic N) is 1. The summed E-state index contributed by atoms with van der Waals surface area (Å²) < 4.78 is 5.52. The van der Waals surface area contributed by atoms with Gasteiger partial charge in [-0.1, -0.05) is 0 Å². The van der Waals surface area contributed by atoms with Gasteiger partial charge in [0.25, 0.3) is 0 Å². The standard InChI is InChI=1S/C9H15NO/c1-2-8-6-9(7-11-9)3-5-10(8)4-1/h8H,1-7H2. The molecule has 0 aromatic heterocycles. The van der Waals surface area contributed by atoms with Crippen LogP contribution in [-0.4, -0.2) is 36.2 Å². The van der Waals surface area contributed by atoms with Crippen molar-refractivity contribution in [2.24, 2.45) is 0 Å². The topological polar surface area (TPSA) is 15.8 Å². The van der Waals surface area contributed by atoms with Gasteiger partial charge in [0.1, 0.15) is 0 Å². The van der Waals surface area contributed by atoms with Crippen LogP contribution >= 0.6 is 0 Å². The van der Waals surface area contributed by atoms with Crippen molar-refractivity contribution < 1.29 is 4.74 Å². The molecule has 0 bridgehead atoms. The van der Waals surface area contributed by atoms with Gasteiger partial charge in [-0.05, 0) is 32.2 Å². The summed E-state index contributed by atoms with van der Waals surface area (Å²) in [6.45, 7) is 3.70. The van der Waals surface area contributed by atoms with Gasteiger partial charge in [-0.2, -0.15) is 0 Å². The second-order valence-corrected chi connectivity index (χ2v) is 4.26. The third kappa shape index (κ3) is 0.926. The molecular weight excluding hydrogens is 138 g/mol. The maximum absolute atomic E-state index is 5.52. The SMILES string of the molecule is C1CC2CC3(CCN2C1)CO3. The van der Waals surface area contributed by atoms with E-state index in [0.29, 0.717) is 5.60 Å². The molecule has 0 aliphatic carbocycles. The maximum atomic E-state index is 5.52. The van der Waals surface area contributed by atoms with Crippen molar-refractivity contribution in [1.29, 1.82) is 0 Å². The Kier molecular flexibility index (Phi) is 1.16. The minimum absolute atomic E-state index is 0.380. The van der Waals surface area contributed by atoms with Crippen molar-refractivity contribution in [1.82, 2.24) is 4.90 Å². The van der Waals surface area contributed by atoms with Gasteiger partial charge in [-0.15, -0.1) is 0 Å². The first kappa shape index (κ1) is 6.44. The van der Waals surface area contributed by atoms with Gasteiger partial charge < -0.3 is 9.64 Å². The van der Waals surface area contributed by atoms with Gasteiger partial charge in [-0.3, -0.25) is 0 Å². The van der Waals surface area contributed by atoms with Crippen LogP contribution in [0.25, 0.3) is 0 Å². The van der Waals surface area contributed by atoms with E-state index in [1.165, 1.54) is 38.8 Å². The normalized spacial score (nSPS) is 49.6. The molecule has 0 amide bonds. The van der Waals surface area contributed by atoms with Crippen molar-refractivity contribution in [3.63, 3.8) is 0 Å². The molecule has 3 heterocycles. The van der Waals surface area contributed by atoms with E-state index >= 15 is 0 Å². The molecule has 0 saturated carbocycles. The molecule has 2 heteroatoms. The molecule has 0 N–H and O–H groups in total. The van der Waals surface area contributed by atoms with Crippen molar-refractivity contribution in [2.75, 3.05) is 19.7 Å². The Morgan fingerprint density at radius 1 is 1.36 bits per heavy atom. The van der Waals surface area contributed by atoms with E-state index in [-0.39, 0.29) is 0 Å². The Bertz CT molecular complexity index is 176. The molecule has 62 valence electrons. The van der Waals surface area contributed by atoms with Gasteiger partial charge in [0.15, 0.2) is 0 Å². The smallest absolute Gasteiger partial charge is 0.0943 e. The molecule has 0 radical (unpaired) electrons. The molecule has 11 heavy (non-hydrogen) atoms. The Morgan fingerprint density at radius 2 is 2.27 bits per heavy atom. The molecule has 0 aromatic rings. The molecule has 2 atom stereocenters. The van der Waals surface area contributed by atoms with E-state index < -0.39 is 0 Å². The molecule has 3 rings (SSSR count). The predicted molar refractivity (Wildman–Crippen MR) is 42.5 cm³/mol. The number of epoxide rings is 1. The number of ether oxygens (including phenoxy) is 1. The summed E-state index contributed by atoms with van der Waals surface area (Å²) in [6.07, 6.45) is 5.46. The monoisotopic (exact) mass is 153 g/mol. The number of hydrogen-bond donors (Lipinski definition) is 0. The minimum Gasteiger partial charge on any atom is -0.369 e. The molecule has 3 aliphatic heterocycles. The summed E-state index contributed by atoms with van der Waals surface area (Å²) in [5.41, 5.74) is 0.380. The molecule has 1 spiro atoms. The first-order valence-corrected chi connectivity index (χ1v) is 4.76. The third-order valence-electron chi connectivity index (χ3n) is 3.51. The van der Waals surface area contributed by atoms with Crippen LogP contribution in [0.4, 0.5) is 0 Å². The van der Waals surface area contributed by atoms with Crippen molar-refractivity contribution in [3.05, 3.63) is 0 Å². The second kappa shape index (κ2) is 1.99. The van der Waals surface area contributed by atoms with Crippen LogP contribution in [0.5, 0.6) is 0 Å². The first-order chi connectivity index (χ1) is 5.38. The second-order valence-electron chi connectivity index (χ2n) is 4.26. The lowest BCUT2D eigenvalue weighted by atomic mass is 9.92. The molecular formula is C9H15NO. The quantitative estimate of drug-likeness (QED) is 0.483. The van der Waals surface area contributed by atoms with E-state index in [4.69, 9.17) is 4.74 Å². The largest absolute Gasteiger partial charge is 0.369 e. The predicted octanol–water partition coefficient (Wildman–Crippen LogP) is 1.01.